The van der Waals surface area contributed by atoms with Crippen LogP contribution in [0.25, 0.3) is 0 Å². The monoisotopic (exact) mass is 457 g/mol. The zero-order chi connectivity index (χ0) is 22.7. The van der Waals surface area contributed by atoms with Gasteiger partial charge in [-0.1, -0.05) is 30.3 Å². The number of carbonyl (C=O) groups excluding carboxylic acids is 1. The first kappa shape index (κ1) is 22.8. The van der Waals surface area contributed by atoms with Crippen molar-refractivity contribution in [2.75, 3.05) is 32.5 Å². The van der Waals surface area contributed by atoms with E-state index in [2.05, 4.69) is 47.5 Å². The first-order valence-electron chi connectivity index (χ1n) is 11.1. The second kappa shape index (κ2) is 9.60. The van der Waals surface area contributed by atoms with Gasteiger partial charge in [-0.25, -0.2) is 13.1 Å². The Morgan fingerprint density at radius 2 is 1.84 bits per heavy atom. The highest BCUT2D eigenvalue weighted by Gasteiger charge is 2.40. The molecule has 0 radical (unpaired) electrons. The lowest BCUT2D eigenvalue weighted by Crippen LogP contribution is -2.58. The van der Waals surface area contributed by atoms with Gasteiger partial charge < -0.3 is 10.1 Å². The molecule has 2 N–H and O–H groups in total. The average molecular weight is 458 g/mol. The molecular weight excluding hydrogens is 426 g/mol. The van der Waals surface area contributed by atoms with E-state index in [0.29, 0.717) is 36.3 Å². The van der Waals surface area contributed by atoms with E-state index in [9.17, 15) is 13.2 Å². The number of benzene rings is 2. The van der Waals surface area contributed by atoms with E-state index in [-0.39, 0.29) is 5.56 Å². The van der Waals surface area contributed by atoms with E-state index in [4.69, 9.17) is 4.74 Å². The second-order valence-corrected chi connectivity index (χ2v) is 10.6. The molecule has 0 spiro atoms. The number of ether oxygens (including phenoxy) is 1. The summed E-state index contributed by atoms with van der Waals surface area (Å²) in [5.74, 6) is 1.35. The smallest absolute Gasteiger partial charge is 0.264 e. The lowest BCUT2D eigenvalue weighted by molar-refractivity contribution is 0.0170. The van der Waals surface area contributed by atoms with Gasteiger partial charge in [-0.3, -0.25) is 9.69 Å². The molecule has 2 aromatic rings. The summed E-state index contributed by atoms with van der Waals surface area (Å²) in [5.41, 5.74) is 1.72. The van der Waals surface area contributed by atoms with Crippen molar-refractivity contribution >= 4 is 15.9 Å². The van der Waals surface area contributed by atoms with Crippen molar-refractivity contribution in [1.82, 2.24) is 14.9 Å². The summed E-state index contributed by atoms with van der Waals surface area (Å²) in [6.45, 7) is 5.82. The summed E-state index contributed by atoms with van der Waals surface area (Å²) in [6, 6.07) is 18.4. The summed E-state index contributed by atoms with van der Waals surface area (Å²) >= 11 is 0. The van der Waals surface area contributed by atoms with Crippen molar-refractivity contribution in [3.63, 3.8) is 0 Å². The van der Waals surface area contributed by atoms with Crippen LogP contribution >= 0.6 is 0 Å². The predicted octanol–water partition coefficient (Wildman–Crippen LogP) is 2.22. The molecule has 172 valence electrons. The molecule has 1 saturated heterocycles. The van der Waals surface area contributed by atoms with Gasteiger partial charge in [0.1, 0.15) is 12.4 Å². The van der Waals surface area contributed by atoms with E-state index >= 15 is 0 Å². The minimum absolute atomic E-state index is 0.277. The van der Waals surface area contributed by atoms with E-state index in [1.807, 2.05) is 4.72 Å². The number of sulfonamides is 1. The third-order valence-electron chi connectivity index (χ3n) is 6.43. The van der Waals surface area contributed by atoms with Crippen molar-refractivity contribution < 1.29 is 17.9 Å². The van der Waals surface area contributed by atoms with Crippen LogP contribution in [0.4, 0.5) is 0 Å². The second-order valence-electron chi connectivity index (χ2n) is 8.84. The molecule has 0 bridgehead atoms. The molecular formula is C24H31N3O4S. The molecule has 7 nitrogen and oxygen atoms in total. The summed E-state index contributed by atoms with van der Waals surface area (Å²) in [6.07, 6.45) is 2.19. The van der Waals surface area contributed by atoms with Crippen LogP contribution in [0.5, 0.6) is 5.75 Å². The van der Waals surface area contributed by atoms with Gasteiger partial charge in [-0.15, -0.1) is 0 Å². The number of nitrogens with zero attached hydrogens (tertiary/aromatic N) is 1. The zero-order valence-corrected chi connectivity index (χ0v) is 19.3. The third-order valence-corrected chi connectivity index (χ3v) is 6.99. The number of carbonyl (C=O) groups is 1. The maximum atomic E-state index is 11.8. The highest BCUT2D eigenvalue weighted by molar-refractivity contribution is 7.89. The van der Waals surface area contributed by atoms with Gasteiger partial charge in [0.05, 0.1) is 6.26 Å². The van der Waals surface area contributed by atoms with Crippen LogP contribution in [-0.2, 0) is 10.0 Å². The predicted molar refractivity (Wildman–Crippen MR) is 124 cm³/mol. The first-order valence-corrected chi connectivity index (χ1v) is 13.0. The third kappa shape index (κ3) is 5.88. The topological polar surface area (TPSA) is 87.7 Å². The van der Waals surface area contributed by atoms with Crippen molar-refractivity contribution in [3.05, 3.63) is 65.7 Å². The fourth-order valence-corrected chi connectivity index (χ4v) is 4.77. The normalized spacial score (nSPS) is 25.1. The minimum Gasteiger partial charge on any atom is -0.492 e. The van der Waals surface area contributed by atoms with Gasteiger partial charge in [0.15, 0.2) is 0 Å². The molecule has 4 rings (SSSR count). The molecule has 0 aromatic heterocycles. The Morgan fingerprint density at radius 1 is 1.12 bits per heavy atom. The highest BCUT2D eigenvalue weighted by atomic mass is 32.2. The molecule has 4 atom stereocenters. The van der Waals surface area contributed by atoms with Crippen molar-refractivity contribution in [3.8, 4) is 5.75 Å². The van der Waals surface area contributed by atoms with Crippen LogP contribution in [0.1, 0.15) is 35.2 Å². The van der Waals surface area contributed by atoms with Crippen LogP contribution in [-0.4, -0.2) is 63.8 Å². The lowest BCUT2D eigenvalue weighted by Gasteiger charge is -2.46. The Balaban J connectivity index is 1.12. The zero-order valence-electron chi connectivity index (χ0n) is 18.5. The fraction of sp³-hybridized carbons (Fsp3) is 0.458. The number of nitrogens with one attached hydrogen (secondary N) is 2. The van der Waals surface area contributed by atoms with Gasteiger partial charge in [0, 0.05) is 43.2 Å². The summed E-state index contributed by atoms with van der Waals surface area (Å²) in [4.78, 5) is 14.3. The lowest BCUT2D eigenvalue weighted by atomic mass is 9.90. The fourth-order valence-electron chi connectivity index (χ4n) is 4.31. The van der Waals surface area contributed by atoms with E-state index in [1.54, 1.807) is 24.3 Å². The van der Waals surface area contributed by atoms with Crippen molar-refractivity contribution in [1.29, 1.82) is 0 Å². The molecule has 1 aliphatic carbocycles. The molecule has 32 heavy (non-hydrogen) atoms. The van der Waals surface area contributed by atoms with Gasteiger partial charge in [-0.2, -0.15) is 0 Å². The molecule has 2 unspecified atom stereocenters. The number of rotatable bonds is 10. The van der Waals surface area contributed by atoms with Crippen molar-refractivity contribution in [2.24, 2.45) is 5.92 Å². The van der Waals surface area contributed by atoms with Crippen LogP contribution in [0.15, 0.2) is 54.6 Å². The molecule has 8 heteroatoms. The van der Waals surface area contributed by atoms with E-state index in [1.165, 1.54) is 12.0 Å². The standard InChI is InChI=1S/C24H31N3O4S/c1-17-20(15-25-23-14-22(23)18-6-4-3-5-7-18)16-27(17)12-13-31-21-10-8-19(9-11-21)24(28)26-32(2,29)30/h3-11,17,20,22-23,25H,12-16H2,1-2H3,(H,26,28)/t17?,20?,22-,23+/m0/s1. The van der Waals surface area contributed by atoms with E-state index < -0.39 is 15.9 Å². The largest absolute Gasteiger partial charge is 0.492 e. The van der Waals surface area contributed by atoms with Crippen LogP contribution in [0, 0.1) is 5.92 Å². The number of hydrogen-bond donors (Lipinski definition) is 2. The molecule has 1 aliphatic heterocycles. The van der Waals surface area contributed by atoms with Gasteiger partial charge in [0.25, 0.3) is 5.91 Å². The van der Waals surface area contributed by atoms with E-state index in [0.717, 1.165) is 25.9 Å². The molecule has 1 saturated carbocycles. The van der Waals surface area contributed by atoms with Gasteiger partial charge in [0.2, 0.25) is 10.0 Å². The Morgan fingerprint density at radius 3 is 2.50 bits per heavy atom. The highest BCUT2D eigenvalue weighted by Crippen LogP contribution is 2.41. The minimum atomic E-state index is -3.57. The number of amides is 1. The van der Waals surface area contributed by atoms with Crippen LogP contribution < -0.4 is 14.8 Å². The number of likely N-dealkylation sites (tertiary alicyclic amines) is 1. The molecule has 2 aromatic carbocycles. The maximum absolute atomic E-state index is 11.8. The average Bonchev–Trinajstić information content (AvgIpc) is 3.54. The van der Waals surface area contributed by atoms with Crippen LogP contribution in [0.2, 0.25) is 0 Å². The Bertz CT molecular complexity index is 1030. The van der Waals surface area contributed by atoms with Crippen LogP contribution in [0.3, 0.4) is 0 Å². The van der Waals surface area contributed by atoms with Gasteiger partial charge >= 0.3 is 0 Å². The summed E-state index contributed by atoms with van der Waals surface area (Å²) in [7, 11) is -3.57. The summed E-state index contributed by atoms with van der Waals surface area (Å²) < 4.78 is 30.1. The Labute approximate surface area is 190 Å². The quantitative estimate of drug-likeness (QED) is 0.569. The summed E-state index contributed by atoms with van der Waals surface area (Å²) in [5, 5.41) is 3.74. The maximum Gasteiger partial charge on any atom is 0.264 e. The van der Waals surface area contributed by atoms with Gasteiger partial charge in [-0.05, 0) is 49.1 Å². The molecule has 1 heterocycles. The Kier molecular flexibility index (Phi) is 6.83. The van der Waals surface area contributed by atoms with Crippen molar-refractivity contribution in [2.45, 2.75) is 31.3 Å². The number of hydrogen-bond acceptors (Lipinski definition) is 6. The Hall–Kier alpha value is -2.42. The molecule has 2 aliphatic rings. The first-order chi connectivity index (χ1) is 15.3. The molecule has 2 fully saturated rings. The molecule has 1 amide bonds. The SMILES string of the molecule is CC1C(CN[C@@H]2C[C@H]2c2ccccc2)CN1CCOc1ccc(C(=O)NS(C)(=O)=O)cc1.